The smallest absolute Gasteiger partial charge is 0.275 e. The van der Waals surface area contributed by atoms with Gasteiger partial charge in [-0.1, -0.05) is 0 Å². The zero-order chi connectivity index (χ0) is 20.0. The van der Waals surface area contributed by atoms with Crippen molar-refractivity contribution in [1.29, 1.82) is 0 Å². The van der Waals surface area contributed by atoms with E-state index in [0.29, 0.717) is 51.6 Å². The molecule has 2 aliphatic rings. The van der Waals surface area contributed by atoms with Crippen LogP contribution in [0.1, 0.15) is 19.8 Å². The van der Waals surface area contributed by atoms with Crippen molar-refractivity contribution < 1.29 is 27.6 Å². The number of ether oxygens (including phenoxy) is 2. The van der Waals surface area contributed by atoms with Crippen LogP contribution in [-0.4, -0.2) is 77.2 Å². The Morgan fingerprint density at radius 3 is 2.61 bits per heavy atom. The number of hydrogen-bond acceptors (Lipinski definition) is 5. The standard InChI is InChI=1S/C19H29N3O5S/c1-2-26-16-5-7-18(8-6-16)28(24,25)22-11-9-21(10-12-22)15-19(23)20-14-17-4-3-13-27-17/h5-8,17H,2-4,9-15H2,1H3,(H,20,23)/p+1/t17-/m0/s1. The number of nitrogens with zero attached hydrogens (tertiary/aromatic N) is 1. The minimum absolute atomic E-state index is 0.00619. The molecular formula is C19H30N3O5S+. The number of nitrogens with one attached hydrogen (secondary N) is 2. The predicted molar refractivity (Wildman–Crippen MR) is 104 cm³/mol. The molecule has 0 saturated carbocycles. The molecule has 0 aromatic heterocycles. The van der Waals surface area contributed by atoms with E-state index in [-0.39, 0.29) is 16.9 Å². The molecule has 8 nitrogen and oxygen atoms in total. The van der Waals surface area contributed by atoms with Crippen molar-refractivity contribution in [2.45, 2.75) is 30.8 Å². The molecule has 9 heteroatoms. The molecule has 28 heavy (non-hydrogen) atoms. The Kier molecular flexibility index (Phi) is 7.28. The van der Waals surface area contributed by atoms with Crippen molar-refractivity contribution in [3.8, 4) is 5.75 Å². The molecule has 156 valence electrons. The molecule has 3 rings (SSSR count). The Morgan fingerprint density at radius 1 is 1.29 bits per heavy atom. The Balaban J connectivity index is 1.46. The van der Waals surface area contributed by atoms with Crippen LogP contribution in [0, 0.1) is 0 Å². The molecule has 1 aromatic rings. The summed E-state index contributed by atoms with van der Waals surface area (Å²) in [6.07, 6.45) is 2.18. The highest BCUT2D eigenvalue weighted by molar-refractivity contribution is 7.89. The molecule has 2 fully saturated rings. The van der Waals surface area contributed by atoms with E-state index in [1.807, 2.05) is 6.92 Å². The van der Waals surface area contributed by atoms with Gasteiger partial charge in [0.1, 0.15) is 5.75 Å². The average molecular weight is 413 g/mol. The number of carbonyl (C=O) groups excluding carboxylic acids is 1. The lowest BCUT2D eigenvalue weighted by atomic mass is 10.2. The number of sulfonamides is 1. The summed E-state index contributed by atoms with van der Waals surface area (Å²) < 4.78 is 38.0. The summed E-state index contributed by atoms with van der Waals surface area (Å²) in [7, 11) is -3.52. The third kappa shape index (κ3) is 5.44. The van der Waals surface area contributed by atoms with E-state index < -0.39 is 10.0 Å². The van der Waals surface area contributed by atoms with E-state index >= 15 is 0 Å². The first-order valence-corrected chi connectivity index (χ1v) is 11.4. The molecule has 2 N–H and O–H groups in total. The summed E-state index contributed by atoms with van der Waals surface area (Å²) in [5.41, 5.74) is 0. The van der Waals surface area contributed by atoms with Gasteiger partial charge in [-0.3, -0.25) is 4.79 Å². The zero-order valence-electron chi connectivity index (χ0n) is 16.4. The van der Waals surface area contributed by atoms with Crippen LogP contribution in [-0.2, 0) is 19.6 Å². The van der Waals surface area contributed by atoms with Gasteiger partial charge in [-0.2, -0.15) is 4.31 Å². The van der Waals surface area contributed by atoms with Crippen LogP contribution in [0.3, 0.4) is 0 Å². The van der Waals surface area contributed by atoms with Gasteiger partial charge >= 0.3 is 0 Å². The fourth-order valence-corrected chi connectivity index (χ4v) is 5.01. The van der Waals surface area contributed by atoms with E-state index in [9.17, 15) is 13.2 Å². The molecule has 0 radical (unpaired) electrons. The van der Waals surface area contributed by atoms with Crippen molar-refractivity contribution in [2.75, 3.05) is 52.5 Å². The molecule has 0 bridgehead atoms. The molecule has 0 spiro atoms. The lowest BCUT2D eigenvalue weighted by Crippen LogP contribution is -3.15. The molecule has 2 aliphatic heterocycles. The normalized spacial score (nSPS) is 21.5. The van der Waals surface area contributed by atoms with Crippen molar-refractivity contribution in [3.05, 3.63) is 24.3 Å². The first-order valence-electron chi connectivity index (χ1n) is 9.94. The summed E-state index contributed by atoms with van der Waals surface area (Å²) in [6, 6.07) is 6.52. The van der Waals surface area contributed by atoms with Gasteiger partial charge in [0, 0.05) is 13.2 Å². The van der Waals surface area contributed by atoms with Crippen LogP contribution in [0.15, 0.2) is 29.2 Å². The van der Waals surface area contributed by atoms with Crippen LogP contribution in [0.25, 0.3) is 0 Å². The van der Waals surface area contributed by atoms with Crippen molar-refractivity contribution in [3.63, 3.8) is 0 Å². The average Bonchev–Trinajstić information content (AvgIpc) is 3.21. The van der Waals surface area contributed by atoms with E-state index in [1.54, 1.807) is 24.3 Å². The maximum absolute atomic E-state index is 12.8. The molecule has 1 aromatic carbocycles. The van der Waals surface area contributed by atoms with Gasteiger partial charge in [-0.05, 0) is 44.0 Å². The number of quaternary nitrogens is 1. The Bertz CT molecular complexity index is 739. The van der Waals surface area contributed by atoms with Gasteiger partial charge in [0.25, 0.3) is 5.91 Å². The minimum atomic E-state index is -3.52. The van der Waals surface area contributed by atoms with Crippen molar-refractivity contribution in [1.82, 2.24) is 9.62 Å². The largest absolute Gasteiger partial charge is 0.494 e. The zero-order valence-corrected chi connectivity index (χ0v) is 17.2. The van der Waals surface area contributed by atoms with Gasteiger partial charge in [-0.25, -0.2) is 8.42 Å². The maximum Gasteiger partial charge on any atom is 0.275 e. The second-order valence-electron chi connectivity index (χ2n) is 7.17. The van der Waals surface area contributed by atoms with Crippen LogP contribution in [0.5, 0.6) is 5.75 Å². The first-order chi connectivity index (χ1) is 13.5. The fourth-order valence-electron chi connectivity index (χ4n) is 3.57. The third-order valence-corrected chi connectivity index (χ3v) is 7.08. The number of carbonyl (C=O) groups is 1. The summed E-state index contributed by atoms with van der Waals surface area (Å²) in [5.74, 6) is 0.651. The first kappa shape index (κ1) is 21.0. The monoisotopic (exact) mass is 412 g/mol. The van der Waals surface area contributed by atoms with Gasteiger partial charge < -0.3 is 19.7 Å². The van der Waals surface area contributed by atoms with Crippen LogP contribution in [0.4, 0.5) is 0 Å². The highest BCUT2D eigenvalue weighted by Gasteiger charge is 2.31. The van der Waals surface area contributed by atoms with Crippen LogP contribution in [0.2, 0.25) is 0 Å². The lowest BCUT2D eigenvalue weighted by Gasteiger charge is -2.31. The molecule has 0 aliphatic carbocycles. The fraction of sp³-hybridized carbons (Fsp3) is 0.632. The maximum atomic E-state index is 12.8. The van der Waals surface area contributed by atoms with Gasteiger partial charge in [-0.15, -0.1) is 0 Å². The summed E-state index contributed by atoms with van der Waals surface area (Å²) in [5, 5.41) is 2.93. The number of amides is 1. The predicted octanol–water partition coefficient (Wildman–Crippen LogP) is -0.730. The second-order valence-corrected chi connectivity index (χ2v) is 9.11. The SMILES string of the molecule is CCOc1ccc(S(=O)(=O)N2CC[NH+](CC(=O)NC[C@@H]3CCCO3)CC2)cc1. The quantitative estimate of drug-likeness (QED) is 0.588. The minimum Gasteiger partial charge on any atom is -0.494 e. The van der Waals surface area contributed by atoms with Crippen LogP contribution >= 0.6 is 0 Å². The summed E-state index contributed by atoms with van der Waals surface area (Å²) >= 11 is 0. The summed E-state index contributed by atoms with van der Waals surface area (Å²) in [4.78, 5) is 13.5. The van der Waals surface area contributed by atoms with Gasteiger partial charge in [0.05, 0.1) is 43.8 Å². The summed E-state index contributed by atoms with van der Waals surface area (Å²) in [6.45, 7) is 6.17. The molecule has 0 unspecified atom stereocenters. The van der Waals surface area contributed by atoms with E-state index in [1.165, 1.54) is 4.31 Å². The van der Waals surface area contributed by atoms with Crippen molar-refractivity contribution >= 4 is 15.9 Å². The van der Waals surface area contributed by atoms with Gasteiger partial charge in [0.2, 0.25) is 10.0 Å². The van der Waals surface area contributed by atoms with Gasteiger partial charge in [0.15, 0.2) is 6.54 Å². The Hall–Kier alpha value is -1.68. The van der Waals surface area contributed by atoms with E-state index in [0.717, 1.165) is 24.3 Å². The highest BCUT2D eigenvalue weighted by atomic mass is 32.2. The third-order valence-electron chi connectivity index (χ3n) is 5.16. The van der Waals surface area contributed by atoms with E-state index in [2.05, 4.69) is 5.32 Å². The Morgan fingerprint density at radius 2 is 2.00 bits per heavy atom. The molecular weight excluding hydrogens is 382 g/mol. The number of rotatable bonds is 8. The number of benzene rings is 1. The molecule has 2 saturated heterocycles. The molecule has 2 heterocycles. The second kappa shape index (κ2) is 9.69. The van der Waals surface area contributed by atoms with E-state index in [4.69, 9.17) is 9.47 Å². The van der Waals surface area contributed by atoms with Crippen LogP contribution < -0.4 is 15.0 Å². The Labute approximate surface area is 166 Å². The topological polar surface area (TPSA) is 89.4 Å². The number of piperazine rings is 1. The molecule has 1 amide bonds. The molecule has 1 atom stereocenters. The van der Waals surface area contributed by atoms with Crippen molar-refractivity contribution in [2.24, 2.45) is 0 Å². The lowest BCUT2D eigenvalue weighted by molar-refractivity contribution is -0.895. The number of hydrogen-bond donors (Lipinski definition) is 2. The highest BCUT2D eigenvalue weighted by Crippen LogP contribution is 2.19.